The summed E-state index contributed by atoms with van der Waals surface area (Å²) in [5.74, 6) is 0.224. The lowest BCUT2D eigenvalue weighted by molar-refractivity contribution is 0.0945. The topological polar surface area (TPSA) is 45.2 Å². The largest absolute Gasteiger partial charge is 0.351 e. The molecule has 1 amide bonds. The van der Waals surface area contributed by atoms with Crippen LogP contribution in [0.1, 0.15) is 28.8 Å². The van der Waals surface area contributed by atoms with Crippen LogP contribution in [-0.2, 0) is 0 Å². The van der Waals surface area contributed by atoms with E-state index in [1.165, 1.54) is 6.07 Å². The Morgan fingerprint density at radius 2 is 2.04 bits per heavy atom. The van der Waals surface area contributed by atoms with Crippen molar-refractivity contribution >= 4 is 12.0 Å². The first-order chi connectivity index (χ1) is 12.7. The van der Waals surface area contributed by atoms with E-state index in [2.05, 4.69) is 21.3 Å². The summed E-state index contributed by atoms with van der Waals surface area (Å²) in [6.07, 6.45) is 9.36. The van der Waals surface area contributed by atoms with Crippen molar-refractivity contribution in [1.29, 1.82) is 0 Å². The van der Waals surface area contributed by atoms with Crippen LogP contribution in [0.2, 0.25) is 0 Å². The molecule has 0 saturated carbocycles. The number of hydrogen-bond donors (Lipinski definition) is 1. The molecule has 1 aliphatic heterocycles. The third-order valence-electron chi connectivity index (χ3n) is 4.72. The van der Waals surface area contributed by atoms with E-state index in [9.17, 15) is 9.18 Å². The molecule has 1 fully saturated rings. The van der Waals surface area contributed by atoms with Crippen LogP contribution < -0.4 is 5.32 Å². The number of nitrogens with one attached hydrogen (secondary N) is 1. The fourth-order valence-electron chi connectivity index (χ4n) is 3.15. The summed E-state index contributed by atoms with van der Waals surface area (Å²) < 4.78 is 13.6. The van der Waals surface area contributed by atoms with E-state index in [0.29, 0.717) is 23.6 Å². The van der Waals surface area contributed by atoms with Crippen LogP contribution in [0.25, 0.3) is 6.08 Å². The van der Waals surface area contributed by atoms with Crippen LogP contribution in [0, 0.1) is 11.7 Å². The Labute approximate surface area is 153 Å². The molecule has 2 heterocycles. The van der Waals surface area contributed by atoms with Crippen molar-refractivity contribution in [1.82, 2.24) is 15.2 Å². The summed E-state index contributed by atoms with van der Waals surface area (Å²) in [7, 11) is 0. The van der Waals surface area contributed by atoms with Gasteiger partial charge in [-0.05, 0) is 50.0 Å². The highest BCUT2D eigenvalue weighted by Gasteiger charge is 2.17. The molecule has 0 atom stereocenters. The Kier molecular flexibility index (Phi) is 6.50. The lowest BCUT2D eigenvalue weighted by atomic mass is 9.95. The van der Waals surface area contributed by atoms with Gasteiger partial charge >= 0.3 is 0 Å². The number of pyridine rings is 1. The van der Waals surface area contributed by atoms with Gasteiger partial charge in [0, 0.05) is 31.0 Å². The molecule has 0 spiro atoms. The number of allylic oxidation sites excluding steroid dienone is 1. The van der Waals surface area contributed by atoms with Gasteiger partial charge in [0.1, 0.15) is 5.82 Å². The third-order valence-corrected chi connectivity index (χ3v) is 4.72. The number of piperidine rings is 1. The zero-order valence-corrected chi connectivity index (χ0v) is 14.8. The number of benzene rings is 1. The quantitative estimate of drug-likeness (QED) is 0.866. The van der Waals surface area contributed by atoms with E-state index in [1.807, 2.05) is 12.1 Å². The molecule has 26 heavy (non-hydrogen) atoms. The van der Waals surface area contributed by atoms with Crippen molar-refractivity contribution in [3.63, 3.8) is 0 Å². The highest BCUT2D eigenvalue weighted by molar-refractivity contribution is 5.93. The Morgan fingerprint density at radius 3 is 2.77 bits per heavy atom. The van der Waals surface area contributed by atoms with Crippen LogP contribution in [0.4, 0.5) is 4.39 Å². The van der Waals surface area contributed by atoms with Crippen molar-refractivity contribution in [2.45, 2.75) is 12.8 Å². The Morgan fingerprint density at radius 1 is 1.23 bits per heavy atom. The Bertz CT molecular complexity index is 740. The molecule has 136 valence electrons. The monoisotopic (exact) mass is 353 g/mol. The molecule has 0 bridgehead atoms. The number of nitrogens with zero attached hydrogens (tertiary/aromatic N) is 2. The first-order valence-electron chi connectivity index (χ1n) is 9.05. The van der Waals surface area contributed by atoms with Crippen LogP contribution >= 0.6 is 0 Å². The van der Waals surface area contributed by atoms with Gasteiger partial charge in [-0.3, -0.25) is 9.78 Å². The summed E-state index contributed by atoms with van der Waals surface area (Å²) >= 11 is 0. The van der Waals surface area contributed by atoms with Crippen molar-refractivity contribution < 1.29 is 9.18 Å². The highest BCUT2D eigenvalue weighted by atomic mass is 19.1. The second-order valence-corrected chi connectivity index (χ2v) is 6.56. The highest BCUT2D eigenvalue weighted by Crippen LogP contribution is 2.20. The number of halogens is 1. The fourth-order valence-corrected chi connectivity index (χ4v) is 3.15. The standard InChI is InChI=1S/C21H24FN3O/c22-20-6-2-1-4-18(20)8-7-17-9-13-25(14-10-17)15-12-24-21(26)19-5-3-11-23-16-19/h1-8,11,16-17H,9-10,12-15H2,(H,24,26)/b8-7+. The van der Waals surface area contributed by atoms with Crippen molar-refractivity contribution in [3.8, 4) is 0 Å². The molecular formula is C21H24FN3O. The van der Waals surface area contributed by atoms with Gasteiger partial charge in [0.2, 0.25) is 0 Å². The molecule has 1 aromatic heterocycles. The molecule has 0 radical (unpaired) electrons. The van der Waals surface area contributed by atoms with E-state index in [0.717, 1.165) is 32.5 Å². The van der Waals surface area contributed by atoms with Gasteiger partial charge < -0.3 is 10.2 Å². The van der Waals surface area contributed by atoms with Crippen LogP contribution in [0.3, 0.4) is 0 Å². The smallest absolute Gasteiger partial charge is 0.252 e. The number of carbonyl (C=O) groups is 1. The summed E-state index contributed by atoms with van der Waals surface area (Å²) in [5.41, 5.74) is 1.23. The van der Waals surface area contributed by atoms with Crippen LogP contribution in [0.5, 0.6) is 0 Å². The first kappa shape index (κ1) is 18.3. The van der Waals surface area contributed by atoms with E-state index >= 15 is 0 Å². The number of aromatic nitrogens is 1. The molecule has 5 heteroatoms. The van der Waals surface area contributed by atoms with E-state index in [1.54, 1.807) is 36.7 Å². The van der Waals surface area contributed by atoms with Crippen LogP contribution in [-0.4, -0.2) is 42.0 Å². The van der Waals surface area contributed by atoms with Gasteiger partial charge in [-0.1, -0.05) is 30.4 Å². The normalized spacial score (nSPS) is 16.0. The number of hydrogen-bond acceptors (Lipinski definition) is 3. The van der Waals surface area contributed by atoms with Gasteiger partial charge in [-0.15, -0.1) is 0 Å². The maximum atomic E-state index is 13.6. The van der Waals surface area contributed by atoms with E-state index in [-0.39, 0.29) is 11.7 Å². The Balaban J connectivity index is 1.37. The number of likely N-dealkylation sites (tertiary alicyclic amines) is 1. The molecule has 1 aromatic carbocycles. The molecule has 4 nitrogen and oxygen atoms in total. The summed E-state index contributed by atoms with van der Waals surface area (Å²) in [6.45, 7) is 3.46. The minimum atomic E-state index is -0.175. The maximum absolute atomic E-state index is 13.6. The van der Waals surface area contributed by atoms with Gasteiger partial charge in [0.05, 0.1) is 5.56 Å². The van der Waals surface area contributed by atoms with Crippen molar-refractivity contribution in [2.75, 3.05) is 26.2 Å². The molecule has 0 aliphatic carbocycles. The van der Waals surface area contributed by atoms with Gasteiger partial charge in [-0.2, -0.15) is 0 Å². The SMILES string of the molecule is O=C(NCCN1CCC(/C=C/c2ccccc2F)CC1)c1cccnc1. The summed E-state index contributed by atoms with van der Waals surface area (Å²) in [4.78, 5) is 18.3. The van der Waals surface area contributed by atoms with E-state index < -0.39 is 0 Å². The second-order valence-electron chi connectivity index (χ2n) is 6.56. The molecule has 1 N–H and O–H groups in total. The summed E-state index contributed by atoms with van der Waals surface area (Å²) in [6, 6.07) is 10.4. The predicted octanol–water partition coefficient (Wildman–Crippen LogP) is 3.38. The lowest BCUT2D eigenvalue weighted by Crippen LogP contribution is -2.39. The summed E-state index contributed by atoms with van der Waals surface area (Å²) in [5, 5.41) is 2.93. The maximum Gasteiger partial charge on any atom is 0.252 e. The van der Waals surface area contributed by atoms with Gasteiger partial charge in [0.25, 0.3) is 5.91 Å². The molecule has 3 rings (SSSR count). The van der Waals surface area contributed by atoms with Crippen molar-refractivity contribution in [2.24, 2.45) is 5.92 Å². The lowest BCUT2D eigenvalue weighted by Gasteiger charge is -2.30. The molecular weight excluding hydrogens is 329 g/mol. The minimum absolute atomic E-state index is 0.0826. The molecule has 1 saturated heterocycles. The van der Waals surface area contributed by atoms with Gasteiger partial charge in [-0.25, -0.2) is 4.39 Å². The minimum Gasteiger partial charge on any atom is -0.351 e. The van der Waals surface area contributed by atoms with Crippen LogP contribution in [0.15, 0.2) is 54.9 Å². The molecule has 0 unspecified atom stereocenters. The van der Waals surface area contributed by atoms with E-state index in [4.69, 9.17) is 0 Å². The zero-order valence-electron chi connectivity index (χ0n) is 14.8. The third kappa shape index (κ3) is 5.23. The average molecular weight is 353 g/mol. The van der Waals surface area contributed by atoms with Gasteiger partial charge in [0.15, 0.2) is 0 Å². The molecule has 1 aliphatic rings. The number of amides is 1. The average Bonchev–Trinajstić information content (AvgIpc) is 2.69. The number of carbonyl (C=O) groups excluding carboxylic acids is 1. The predicted molar refractivity (Wildman–Crippen MR) is 101 cm³/mol. The zero-order chi connectivity index (χ0) is 18.2. The Hall–Kier alpha value is -2.53. The molecule has 2 aromatic rings. The van der Waals surface area contributed by atoms with Crippen molar-refractivity contribution in [3.05, 3.63) is 71.8 Å². The number of rotatable bonds is 6. The first-order valence-corrected chi connectivity index (χ1v) is 9.05. The fraction of sp³-hybridized carbons (Fsp3) is 0.333. The second kappa shape index (κ2) is 9.25.